The van der Waals surface area contributed by atoms with Gasteiger partial charge in [-0.15, -0.1) is 0 Å². The number of nitrogens with zero attached hydrogens (tertiary/aromatic N) is 2. The number of hydrogen-bond donors (Lipinski definition) is 0. The van der Waals surface area contributed by atoms with Crippen molar-refractivity contribution in [1.29, 1.82) is 5.26 Å². The van der Waals surface area contributed by atoms with Crippen molar-refractivity contribution in [3.63, 3.8) is 0 Å². The molecule has 1 unspecified atom stereocenters. The smallest absolute Gasteiger partial charge is 0.123 e. The normalized spacial score (nSPS) is 21.0. The summed E-state index contributed by atoms with van der Waals surface area (Å²) in [6.07, 6.45) is 6.00. The van der Waals surface area contributed by atoms with Crippen molar-refractivity contribution in [3.05, 3.63) is 29.3 Å². The quantitative estimate of drug-likeness (QED) is 0.816. The highest BCUT2D eigenvalue weighted by Crippen LogP contribution is 2.30. The maximum atomic E-state index is 9.55. The largest absolute Gasteiger partial charge is 0.493 e. The fourth-order valence-corrected chi connectivity index (χ4v) is 3.10. The van der Waals surface area contributed by atoms with E-state index in [0.29, 0.717) is 0 Å². The van der Waals surface area contributed by atoms with E-state index in [1.165, 1.54) is 31.2 Å². The maximum absolute atomic E-state index is 9.55. The lowest BCUT2D eigenvalue weighted by Crippen LogP contribution is -2.28. The molecule has 3 nitrogen and oxygen atoms in total. The second-order valence-corrected chi connectivity index (χ2v) is 5.45. The first-order chi connectivity index (χ1) is 9.38. The SMILES string of the molecule is N#CC(c1ccc2c(c1)CCO2)N1CCCCCC1. The number of ether oxygens (including phenoxy) is 1. The highest BCUT2D eigenvalue weighted by atomic mass is 16.5. The highest BCUT2D eigenvalue weighted by Gasteiger charge is 2.23. The molecule has 0 amide bonds. The Balaban J connectivity index is 1.83. The van der Waals surface area contributed by atoms with Crippen LogP contribution in [0.5, 0.6) is 5.75 Å². The van der Waals surface area contributed by atoms with Gasteiger partial charge in [0.05, 0.1) is 12.7 Å². The number of fused-ring (bicyclic) bond motifs is 1. The molecule has 0 saturated carbocycles. The number of hydrogen-bond acceptors (Lipinski definition) is 3. The minimum absolute atomic E-state index is 0.0935. The van der Waals surface area contributed by atoms with Gasteiger partial charge in [-0.1, -0.05) is 18.9 Å². The number of benzene rings is 1. The molecule has 19 heavy (non-hydrogen) atoms. The van der Waals surface area contributed by atoms with Crippen LogP contribution in [0.3, 0.4) is 0 Å². The van der Waals surface area contributed by atoms with E-state index < -0.39 is 0 Å². The second kappa shape index (κ2) is 5.63. The topological polar surface area (TPSA) is 36.3 Å². The van der Waals surface area contributed by atoms with E-state index >= 15 is 0 Å². The first kappa shape index (κ1) is 12.5. The van der Waals surface area contributed by atoms with Gasteiger partial charge in [0.15, 0.2) is 0 Å². The molecule has 1 fully saturated rings. The van der Waals surface area contributed by atoms with Crippen molar-refractivity contribution >= 4 is 0 Å². The second-order valence-electron chi connectivity index (χ2n) is 5.45. The third-order valence-corrected chi connectivity index (χ3v) is 4.16. The van der Waals surface area contributed by atoms with Gasteiger partial charge in [-0.2, -0.15) is 5.26 Å². The van der Waals surface area contributed by atoms with Crippen molar-refractivity contribution in [2.45, 2.75) is 38.1 Å². The van der Waals surface area contributed by atoms with Crippen LogP contribution in [-0.4, -0.2) is 24.6 Å². The number of nitriles is 1. The van der Waals surface area contributed by atoms with Crippen LogP contribution >= 0.6 is 0 Å². The summed E-state index contributed by atoms with van der Waals surface area (Å²) in [4.78, 5) is 2.34. The third kappa shape index (κ3) is 2.59. The Kier molecular flexibility index (Phi) is 3.70. The Morgan fingerprint density at radius 2 is 1.95 bits per heavy atom. The van der Waals surface area contributed by atoms with Crippen LogP contribution < -0.4 is 4.74 Å². The van der Waals surface area contributed by atoms with Gasteiger partial charge in [-0.25, -0.2) is 0 Å². The summed E-state index contributed by atoms with van der Waals surface area (Å²) in [6, 6.07) is 8.65. The van der Waals surface area contributed by atoms with Gasteiger partial charge in [-0.3, -0.25) is 4.90 Å². The van der Waals surface area contributed by atoms with Crippen LogP contribution in [0.25, 0.3) is 0 Å². The molecule has 1 aromatic rings. The molecule has 0 aromatic heterocycles. The van der Waals surface area contributed by atoms with E-state index in [9.17, 15) is 5.26 Å². The minimum atomic E-state index is -0.0935. The zero-order chi connectivity index (χ0) is 13.1. The van der Waals surface area contributed by atoms with Gasteiger partial charge in [0, 0.05) is 6.42 Å². The standard InChI is InChI=1S/C16H20N2O/c17-12-15(18-8-3-1-2-4-9-18)13-5-6-16-14(11-13)7-10-19-16/h5-6,11,15H,1-4,7-10H2. The fourth-order valence-electron chi connectivity index (χ4n) is 3.10. The molecular weight excluding hydrogens is 236 g/mol. The van der Waals surface area contributed by atoms with E-state index in [-0.39, 0.29) is 6.04 Å². The van der Waals surface area contributed by atoms with Crippen LogP contribution in [0.15, 0.2) is 18.2 Å². The first-order valence-corrected chi connectivity index (χ1v) is 7.28. The van der Waals surface area contributed by atoms with Crippen molar-refractivity contribution in [2.24, 2.45) is 0 Å². The molecule has 0 N–H and O–H groups in total. The van der Waals surface area contributed by atoms with Crippen molar-refractivity contribution < 1.29 is 4.74 Å². The van der Waals surface area contributed by atoms with Crippen molar-refractivity contribution in [3.8, 4) is 11.8 Å². The lowest BCUT2D eigenvalue weighted by molar-refractivity contribution is 0.245. The zero-order valence-electron chi connectivity index (χ0n) is 11.3. The molecule has 2 aliphatic heterocycles. The Labute approximate surface area is 114 Å². The van der Waals surface area contributed by atoms with E-state index in [1.54, 1.807) is 0 Å². The average Bonchev–Trinajstić information content (AvgIpc) is 2.74. The predicted molar refractivity (Wildman–Crippen MR) is 74.0 cm³/mol. The Morgan fingerprint density at radius 1 is 1.16 bits per heavy atom. The third-order valence-electron chi connectivity index (χ3n) is 4.16. The van der Waals surface area contributed by atoms with Crippen molar-refractivity contribution in [2.75, 3.05) is 19.7 Å². The number of rotatable bonds is 2. The molecule has 2 aliphatic rings. The van der Waals surface area contributed by atoms with Gasteiger partial charge >= 0.3 is 0 Å². The molecule has 0 aliphatic carbocycles. The summed E-state index contributed by atoms with van der Waals surface area (Å²) in [5.74, 6) is 0.997. The van der Waals surface area contributed by atoms with Gasteiger partial charge in [0.1, 0.15) is 11.8 Å². The summed E-state index contributed by atoms with van der Waals surface area (Å²) in [7, 11) is 0. The number of likely N-dealkylation sites (tertiary alicyclic amines) is 1. The molecule has 0 spiro atoms. The fraction of sp³-hybridized carbons (Fsp3) is 0.562. The molecule has 100 valence electrons. The van der Waals surface area contributed by atoms with E-state index in [1.807, 2.05) is 6.07 Å². The summed E-state index contributed by atoms with van der Waals surface area (Å²) < 4.78 is 5.54. The Morgan fingerprint density at radius 3 is 2.68 bits per heavy atom. The Bertz CT molecular complexity index is 484. The molecule has 0 radical (unpaired) electrons. The summed E-state index contributed by atoms with van der Waals surface area (Å²) in [6.45, 7) is 2.87. The molecule has 1 aromatic carbocycles. The molecule has 0 bridgehead atoms. The molecule has 2 heterocycles. The van der Waals surface area contributed by atoms with E-state index in [2.05, 4.69) is 23.1 Å². The van der Waals surface area contributed by atoms with Crippen LogP contribution in [0.1, 0.15) is 42.9 Å². The predicted octanol–water partition coefficient (Wildman–Crippen LogP) is 3.06. The summed E-state index contributed by atoms with van der Waals surface area (Å²) >= 11 is 0. The van der Waals surface area contributed by atoms with Crippen LogP contribution in [-0.2, 0) is 6.42 Å². The first-order valence-electron chi connectivity index (χ1n) is 7.28. The maximum Gasteiger partial charge on any atom is 0.123 e. The average molecular weight is 256 g/mol. The summed E-state index contributed by atoms with van der Waals surface area (Å²) in [5.41, 5.74) is 2.39. The van der Waals surface area contributed by atoms with Crippen molar-refractivity contribution in [1.82, 2.24) is 4.90 Å². The Hall–Kier alpha value is -1.53. The molecule has 3 rings (SSSR count). The van der Waals surface area contributed by atoms with Gasteiger partial charge in [-0.05, 0) is 49.2 Å². The summed E-state index contributed by atoms with van der Waals surface area (Å²) in [5, 5.41) is 9.55. The zero-order valence-corrected chi connectivity index (χ0v) is 11.3. The molecule has 3 heteroatoms. The van der Waals surface area contributed by atoms with Crippen LogP contribution in [0, 0.1) is 11.3 Å². The molecular formula is C16H20N2O. The lowest BCUT2D eigenvalue weighted by atomic mass is 10.0. The van der Waals surface area contributed by atoms with Gasteiger partial charge in [0.25, 0.3) is 0 Å². The minimum Gasteiger partial charge on any atom is -0.493 e. The van der Waals surface area contributed by atoms with Crippen LogP contribution in [0.4, 0.5) is 0 Å². The highest BCUT2D eigenvalue weighted by molar-refractivity contribution is 5.42. The van der Waals surface area contributed by atoms with Gasteiger partial charge in [0.2, 0.25) is 0 Å². The molecule has 1 saturated heterocycles. The lowest BCUT2D eigenvalue weighted by Gasteiger charge is -2.25. The van der Waals surface area contributed by atoms with Crippen LogP contribution in [0.2, 0.25) is 0 Å². The van der Waals surface area contributed by atoms with E-state index in [4.69, 9.17) is 4.74 Å². The molecule has 1 atom stereocenters. The van der Waals surface area contributed by atoms with Gasteiger partial charge < -0.3 is 4.74 Å². The van der Waals surface area contributed by atoms with E-state index in [0.717, 1.165) is 37.4 Å². The monoisotopic (exact) mass is 256 g/mol.